The molecule has 3 nitrogen and oxygen atoms in total. The lowest BCUT2D eigenvalue weighted by atomic mass is 9.78. The Bertz CT molecular complexity index is 444. The zero-order valence-corrected chi connectivity index (χ0v) is 10.7. The molecule has 0 saturated carbocycles. The molecule has 0 radical (unpaired) electrons. The second-order valence-electron chi connectivity index (χ2n) is 5.43. The van der Waals surface area contributed by atoms with Crippen LogP contribution in [0.2, 0.25) is 0 Å². The van der Waals surface area contributed by atoms with Gasteiger partial charge in [-0.25, -0.2) is 0 Å². The first-order valence-electron chi connectivity index (χ1n) is 6.96. The molecule has 3 rings (SSSR count). The molecular weight excluding hydrogens is 226 g/mol. The van der Waals surface area contributed by atoms with Crippen molar-refractivity contribution in [3.63, 3.8) is 0 Å². The molecule has 0 saturated heterocycles. The maximum absolute atomic E-state index is 10.5. The monoisotopic (exact) mass is 247 g/mol. The first-order chi connectivity index (χ1) is 8.79. The van der Waals surface area contributed by atoms with Crippen LogP contribution in [0.1, 0.15) is 42.1 Å². The number of benzene rings is 1. The van der Waals surface area contributed by atoms with Crippen LogP contribution in [0, 0.1) is 5.92 Å². The van der Waals surface area contributed by atoms with Crippen LogP contribution in [-0.2, 0) is 12.8 Å². The summed E-state index contributed by atoms with van der Waals surface area (Å²) in [5.74, 6) is 1.34. The number of hydrogen-bond acceptors (Lipinski definition) is 3. The minimum atomic E-state index is -0.338. The van der Waals surface area contributed by atoms with Crippen LogP contribution in [0.5, 0.6) is 5.75 Å². The molecule has 3 heteroatoms. The van der Waals surface area contributed by atoms with Crippen molar-refractivity contribution in [2.45, 2.75) is 38.2 Å². The summed E-state index contributed by atoms with van der Waals surface area (Å²) in [6.07, 6.45) is 4.85. The highest BCUT2D eigenvalue weighted by atomic mass is 16.5. The Kier molecular flexibility index (Phi) is 3.27. The van der Waals surface area contributed by atoms with Crippen LogP contribution in [0.25, 0.3) is 0 Å². The molecule has 2 atom stereocenters. The molecule has 1 heterocycles. The van der Waals surface area contributed by atoms with Gasteiger partial charge >= 0.3 is 0 Å². The fourth-order valence-electron chi connectivity index (χ4n) is 3.22. The Morgan fingerprint density at radius 2 is 2.17 bits per heavy atom. The third-order valence-corrected chi connectivity index (χ3v) is 4.28. The van der Waals surface area contributed by atoms with E-state index in [1.807, 2.05) is 0 Å². The van der Waals surface area contributed by atoms with Crippen molar-refractivity contribution >= 4 is 0 Å². The molecule has 0 spiro atoms. The van der Waals surface area contributed by atoms with Crippen LogP contribution in [0.3, 0.4) is 0 Å². The van der Waals surface area contributed by atoms with Gasteiger partial charge in [-0.05, 0) is 60.9 Å². The molecule has 18 heavy (non-hydrogen) atoms. The van der Waals surface area contributed by atoms with Gasteiger partial charge in [-0.3, -0.25) is 0 Å². The van der Waals surface area contributed by atoms with Gasteiger partial charge in [-0.2, -0.15) is 0 Å². The van der Waals surface area contributed by atoms with Gasteiger partial charge in [0, 0.05) is 6.42 Å². The number of aliphatic hydroxyl groups is 1. The highest BCUT2D eigenvalue weighted by molar-refractivity contribution is 5.46. The number of rotatable bonds is 3. The van der Waals surface area contributed by atoms with Gasteiger partial charge in [0.05, 0.1) is 12.7 Å². The molecule has 2 aliphatic rings. The lowest BCUT2D eigenvalue weighted by molar-refractivity contribution is 0.0874. The van der Waals surface area contributed by atoms with Crippen molar-refractivity contribution < 1.29 is 9.84 Å². The summed E-state index contributed by atoms with van der Waals surface area (Å²) in [5, 5.41) is 10.5. The third-order valence-electron chi connectivity index (χ3n) is 4.28. The minimum Gasteiger partial charge on any atom is -0.493 e. The summed E-state index contributed by atoms with van der Waals surface area (Å²) in [4.78, 5) is 0. The van der Waals surface area contributed by atoms with Gasteiger partial charge < -0.3 is 15.6 Å². The lowest BCUT2D eigenvalue weighted by Crippen LogP contribution is -2.21. The predicted molar refractivity (Wildman–Crippen MR) is 70.7 cm³/mol. The highest BCUT2D eigenvalue weighted by Gasteiger charge is 2.29. The number of hydrogen-bond donors (Lipinski definition) is 2. The maximum atomic E-state index is 10.5. The lowest BCUT2D eigenvalue weighted by Gasteiger charge is -2.30. The first-order valence-corrected chi connectivity index (χ1v) is 6.96. The fraction of sp³-hybridized carbons (Fsp3) is 0.600. The van der Waals surface area contributed by atoms with Crippen LogP contribution in [0.15, 0.2) is 12.1 Å². The predicted octanol–water partition coefficient (Wildman–Crippen LogP) is 1.96. The number of fused-ring (bicyclic) bond motifs is 2. The van der Waals surface area contributed by atoms with E-state index < -0.39 is 0 Å². The Balaban J connectivity index is 1.86. The van der Waals surface area contributed by atoms with Crippen LogP contribution < -0.4 is 10.5 Å². The summed E-state index contributed by atoms with van der Waals surface area (Å²) >= 11 is 0. The number of ether oxygens (including phenoxy) is 1. The smallest absolute Gasteiger partial charge is 0.123 e. The van der Waals surface area contributed by atoms with Crippen LogP contribution in [-0.4, -0.2) is 18.3 Å². The summed E-state index contributed by atoms with van der Waals surface area (Å²) in [6.45, 7) is 1.49. The fourth-order valence-corrected chi connectivity index (χ4v) is 3.22. The molecule has 0 amide bonds. The van der Waals surface area contributed by atoms with E-state index in [0.717, 1.165) is 50.0 Å². The molecule has 1 aliphatic carbocycles. The number of aliphatic hydroxyl groups excluding tert-OH is 1. The second kappa shape index (κ2) is 4.90. The summed E-state index contributed by atoms with van der Waals surface area (Å²) in [6, 6.07) is 4.30. The van der Waals surface area contributed by atoms with Crippen molar-refractivity contribution in [3.8, 4) is 5.75 Å². The molecule has 3 N–H and O–H groups in total. The van der Waals surface area contributed by atoms with Gasteiger partial charge in [-0.15, -0.1) is 0 Å². The molecule has 1 aromatic carbocycles. The maximum Gasteiger partial charge on any atom is 0.123 e. The van der Waals surface area contributed by atoms with Gasteiger partial charge in [0.15, 0.2) is 0 Å². The quantitative estimate of drug-likeness (QED) is 0.858. The average Bonchev–Trinajstić information content (AvgIpc) is 2.83. The molecule has 1 aromatic rings. The average molecular weight is 247 g/mol. The number of aryl methyl sites for hydroxylation is 1. The van der Waals surface area contributed by atoms with E-state index in [9.17, 15) is 5.11 Å². The van der Waals surface area contributed by atoms with E-state index >= 15 is 0 Å². The molecule has 1 aliphatic heterocycles. The van der Waals surface area contributed by atoms with Gasteiger partial charge in [-0.1, -0.05) is 6.07 Å². The highest BCUT2D eigenvalue weighted by Crippen LogP contribution is 2.40. The van der Waals surface area contributed by atoms with E-state index in [2.05, 4.69) is 12.1 Å². The molecular formula is C15H21NO2. The Labute approximate surface area is 108 Å². The van der Waals surface area contributed by atoms with E-state index in [1.165, 1.54) is 11.1 Å². The summed E-state index contributed by atoms with van der Waals surface area (Å²) in [5.41, 5.74) is 9.27. The van der Waals surface area contributed by atoms with E-state index in [4.69, 9.17) is 10.5 Å². The molecule has 0 fully saturated rings. The standard InChI is InChI=1S/C15H21NO2/c16-6-1-2-10-3-4-11-8-12-5-7-18-14(12)9-13(11)15(10)17/h8-10,15,17H,1-7,16H2/t10-,15+/m1/s1. The number of nitrogens with two attached hydrogens (primary N) is 1. The van der Waals surface area contributed by atoms with E-state index in [-0.39, 0.29) is 6.10 Å². The van der Waals surface area contributed by atoms with Crippen molar-refractivity contribution in [3.05, 3.63) is 28.8 Å². The molecule has 0 unspecified atom stereocenters. The van der Waals surface area contributed by atoms with E-state index in [0.29, 0.717) is 12.5 Å². The largest absolute Gasteiger partial charge is 0.493 e. The van der Waals surface area contributed by atoms with Crippen LogP contribution >= 0.6 is 0 Å². The Hall–Kier alpha value is -1.06. The zero-order chi connectivity index (χ0) is 12.5. The van der Waals surface area contributed by atoms with Crippen LogP contribution in [0.4, 0.5) is 0 Å². The molecule has 98 valence electrons. The summed E-state index contributed by atoms with van der Waals surface area (Å²) in [7, 11) is 0. The normalized spacial score (nSPS) is 25.4. The van der Waals surface area contributed by atoms with Gasteiger partial charge in [0.1, 0.15) is 5.75 Å². The SMILES string of the molecule is NCCC[C@@H]1CCc2cc3c(cc2[C@H]1O)OCC3. The molecule has 0 bridgehead atoms. The third kappa shape index (κ3) is 2.02. The zero-order valence-electron chi connectivity index (χ0n) is 10.7. The van der Waals surface area contributed by atoms with Crippen molar-refractivity contribution in [1.82, 2.24) is 0 Å². The van der Waals surface area contributed by atoms with Crippen molar-refractivity contribution in [1.29, 1.82) is 0 Å². The first kappa shape index (κ1) is 12.0. The van der Waals surface area contributed by atoms with Crippen molar-refractivity contribution in [2.75, 3.05) is 13.2 Å². The topological polar surface area (TPSA) is 55.5 Å². The Morgan fingerprint density at radius 3 is 3.00 bits per heavy atom. The van der Waals surface area contributed by atoms with E-state index in [1.54, 1.807) is 0 Å². The second-order valence-corrected chi connectivity index (χ2v) is 5.43. The van der Waals surface area contributed by atoms with Gasteiger partial charge in [0.25, 0.3) is 0 Å². The summed E-state index contributed by atoms with van der Waals surface area (Å²) < 4.78 is 5.60. The van der Waals surface area contributed by atoms with Crippen molar-refractivity contribution in [2.24, 2.45) is 11.7 Å². The minimum absolute atomic E-state index is 0.338. The Morgan fingerprint density at radius 1 is 1.28 bits per heavy atom. The molecule has 0 aromatic heterocycles. The van der Waals surface area contributed by atoms with Gasteiger partial charge in [0.2, 0.25) is 0 Å².